The molecule has 0 bridgehead atoms. The molecule has 1 heterocycles. The standard InChI is InChI=1S/C13H17F3N2O2S/c14-13(15,16)11-8-10(4-5-12(11)21(17,19)20)9-18-6-2-1-3-7-18/h4-5,8H,1-3,6-7,9H2,(H2,17,19,20). The van der Waals surface area contributed by atoms with Crippen molar-refractivity contribution in [1.29, 1.82) is 0 Å². The zero-order chi connectivity index (χ0) is 15.7. The molecule has 0 saturated carbocycles. The molecule has 0 radical (unpaired) electrons. The van der Waals surface area contributed by atoms with Crippen molar-refractivity contribution in [3.05, 3.63) is 29.3 Å². The Morgan fingerprint density at radius 3 is 2.29 bits per heavy atom. The minimum atomic E-state index is -4.75. The van der Waals surface area contributed by atoms with Gasteiger partial charge in [0.15, 0.2) is 0 Å². The molecule has 0 aliphatic carbocycles. The van der Waals surface area contributed by atoms with Crippen molar-refractivity contribution in [3.63, 3.8) is 0 Å². The van der Waals surface area contributed by atoms with Crippen molar-refractivity contribution in [2.45, 2.75) is 36.9 Å². The molecule has 1 aliphatic heterocycles. The second-order valence-electron chi connectivity index (χ2n) is 5.21. The number of alkyl halides is 3. The van der Waals surface area contributed by atoms with E-state index in [1.807, 2.05) is 0 Å². The summed E-state index contributed by atoms with van der Waals surface area (Å²) < 4.78 is 61.5. The van der Waals surface area contributed by atoms with Crippen LogP contribution in [0.15, 0.2) is 23.1 Å². The number of likely N-dealkylation sites (tertiary alicyclic amines) is 1. The van der Waals surface area contributed by atoms with E-state index in [1.54, 1.807) is 0 Å². The van der Waals surface area contributed by atoms with Crippen LogP contribution in [-0.2, 0) is 22.7 Å². The van der Waals surface area contributed by atoms with Crippen molar-refractivity contribution in [3.8, 4) is 0 Å². The number of hydrogen-bond acceptors (Lipinski definition) is 3. The maximum absolute atomic E-state index is 13.0. The predicted molar refractivity (Wildman–Crippen MR) is 71.9 cm³/mol. The van der Waals surface area contributed by atoms with Gasteiger partial charge in [-0.3, -0.25) is 4.90 Å². The first-order chi connectivity index (χ1) is 9.68. The van der Waals surface area contributed by atoms with Gasteiger partial charge in [-0.25, -0.2) is 13.6 Å². The van der Waals surface area contributed by atoms with E-state index in [9.17, 15) is 21.6 Å². The molecule has 8 heteroatoms. The third kappa shape index (κ3) is 4.18. The summed E-state index contributed by atoms with van der Waals surface area (Å²) in [7, 11) is -4.40. The van der Waals surface area contributed by atoms with Gasteiger partial charge in [0.25, 0.3) is 0 Å². The zero-order valence-electron chi connectivity index (χ0n) is 11.4. The average molecular weight is 322 g/mol. The monoisotopic (exact) mass is 322 g/mol. The molecule has 118 valence electrons. The first-order valence-corrected chi connectivity index (χ1v) is 8.18. The number of piperidine rings is 1. The van der Waals surface area contributed by atoms with Crippen LogP contribution in [0.4, 0.5) is 13.2 Å². The topological polar surface area (TPSA) is 63.4 Å². The van der Waals surface area contributed by atoms with Crippen LogP contribution in [0, 0.1) is 0 Å². The van der Waals surface area contributed by atoms with E-state index in [0.29, 0.717) is 12.1 Å². The molecule has 4 nitrogen and oxygen atoms in total. The van der Waals surface area contributed by atoms with Crippen molar-refractivity contribution in [1.82, 2.24) is 4.90 Å². The van der Waals surface area contributed by atoms with Crippen LogP contribution in [0.2, 0.25) is 0 Å². The third-order valence-corrected chi connectivity index (χ3v) is 4.48. The van der Waals surface area contributed by atoms with Crippen molar-refractivity contribution < 1.29 is 21.6 Å². The van der Waals surface area contributed by atoms with E-state index < -0.39 is 26.7 Å². The van der Waals surface area contributed by atoms with Crippen LogP contribution >= 0.6 is 0 Å². The number of halogens is 3. The molecule has 1 fully saturated rings. The third-order valence-electron chi connectivity index (χ3n) is 3.51. The molecular weight excluding hydrogens is 305 g/mol. The van der Waals surface area contributed by atoms with Gasteiger partial charge in [-0.2, -0.15) is 13.2 Å². The Bertz CT molecular complexity index is 608. The molecule has 1 aromatic carbocycles. The number of benzene rings is 1. The minimum absolute atomic E-state index is 0.383. The zero-order valence-corrected chi connectivity index (χ0v) is 12.2. The van der Waals surface area contributed by atoms with Gasteiger partial charge in [0.05, 0.1) is 10.5 Å². The van der Waals surface area contributed by atoms with E-state index in [0.717, 1.165) is 44.5 Å². The highest BCUT2D eigenvalue weighted by Crippen LogP contribution is 2.34. The van der Waals surface area contributed by atoms with Crippen molar-refractivity contribution >= 4 is 10.0 Å². The van der Waals surface area contributed by atoms with Gasteiger partial charge < -0.3 is 0 Å². The number of nitrogens with zero attached hydrogens (tertiary/aromatic N) is 1. The van der Waals surface area contributed by atoms with Crippen LogP contribution in [0.5, 0.6) is 0 Å². The molecule has 2 rings (SSSR count). The molecule has 2 N–H and O–H groups in total. The fourth-order valence-corrected chi connectivity index (χ4v) is 3.26. The van der Waals surface area contributed by atoms with E-state index in [1.165, 1.54) is 6.07 Å². The van der Waals surface area contributed by atoms with Gasteiger partial charge in [-0.1, -0.05) is 12.5 Å². The number of hydrogen-bond donors (Lipinski definition) is 1. The summed E-state index contributed by atoms with van der Waals surface area (Å²) in [6, 6.07) is 3.22. The molecule has 0 spiro atoms. The maximum Gasteiger partial charge on any atom is 0.417 e. The molecule has 0 unspecified atom stereocenters. The van der Waals surface area contributed by atoms with Crippen LogP contribution in [0.25, 0.3) is 0 Å². The fourth-order valence-electron chi connectivity index (χ4n) is 2.52. The Morgan fingerprint density at radius 1 is 1.14 bits per heavy atom. The lowest BCUT2D eigenvalue weighted by Crippen LogP contribution is -2.29. The summed E-state index contributed by atoms with van der Waals surface area (Å²) in [6.45, 7) is 2.07. The highest BCUT2D eigenvalue weighted by Gasteiger charge is 2.36. The van der Waals surface area contributed by atoms with E-state index in [-0.39, 0.29) is 0 Å². The highest BCUT2D eigenvalue weighted by atomic mass is 32.2. The molecular formula is C13H17F3N2O2S. The quantitative estimate of drug-likeness (QED) is 0.929. The summed E-state index contributed by atoms with van der Waals surface area (Å²) in [6.07, 6.45) is -1.56. The summed E-state index contributed by atoms with van der Waals surface area (Å²) in [4.78, 5) is 1.19. The van der Waals surface area contributed by atoms with E-state index in [2.05, 4.69) is 4.90 Å². The SMILES string of the molecule is NS(=O)(=O)c1ccc(CN2CCCCC2)cc1C(F)(F)F. The molecule has 1 aromatic rings. The largest absolute Gasteiger partial charge is 0.417 e. The molecule has 0 aromatic heterocycles. The lowest BCUT2D eigenvalue weighted by atomic mass is 10.1. The molecule has 0 atom stereocenters. The van der Waals surface area contributed by atoms with Crippen molar-refractivity contribution in [2.75, 3.05) is 13.1 Å². The molecule has 1 saturated heterocycles. The smallest absolute Gasteiger partial charge is 0.299 e. The summed E-state index contributed by atoms with van der Waals surface area (Å²) in [5, 5.41) is 4.85. The van der Waals surface area contributed by atoms with Gasteiger partial charge in [-0.15, -0.1) is 0 Å². The van der Waals surface area contributed by atoms with Crippen LogP contribution < -0.4 is 5.14 Å². The molecule has 21 heavy (non-hydrogen) atoms. The number of sulfonamides is 1. The number of nitrogens with two attached hydrogens (primary N) is 1. The second kappa shape index (κ2) is 5.94. The Labute approximate surface area is 121 Å². The van der Waals surface area contributed by atoms with Gasteiger partial charge in [-0.05, 0) is 43.6 Å². The molecule has 1 aliphatic rings. The van der Waals surface area contributed by atoms with Gasteiger partial charge in [0.1, 0.15) is 0 Å². The minimum Gasteiger partial charge on any atom is -0.299 e. The Hall–Kier alpha value is -1.12. The fraction of sp³-hybridized carbons (Fsp3) is 0.538. The lowest BCUT2D eigenvalue weighted by Gasteiger charge is -2.26. The van der Waals surface area contributed by atoms with Crippen LogP contribution in [-0.4, -0.2) is 26.4 Å². The van der Waals surface area contributed by atoms with Crippen LogP contribution in [0.3, 0.4) is 0 Å². The summed E-state index contributed by atoms with van der Waals surface area (Å²) >= 11 is 0. The Morgan fingerprint density at radius 2 is 1.76 bits per heavy atom. The first kappa shape index (κ1) is 16.3. The highest BCUT2D eigenvalue weighted by molar-refractivity contribution is 7.89. The maximum atomic E-state index is 13.0. The molecule has 0 amide bonds. The van der Waals surface area contributed by atoms with E-state index >= 15 is 0 Å². The Kier molecular flexibility index (Phi) is 4.60. The normalized spacial score (nSPS) is 17.9. The predicted octanol–water partition coefficient (Wildman–Crippen LogP) is 2.34. The second-order valence-corrected chi connectivity index (χ2v) is 6.74. The van der Waals surface area contributed by atoms with Crippen LogP contribution in [0.1, 0.15) is 30.4 Å². The summed E-state index contributed by atoms with van der Waals surface area (Å²) in [5.74, 6) is 0. The first-order valence-electron chi connectivity index (χ1n) is 6.63. The lowest BCUT2D eigenvalue weighted by molar-refractivity contribution is -0.139. The number of primary sulfonamides is 1. The number of rotatable bonds is 3. The van der Waals surface area contributed by atoms with Gasteiger partial charge >= 0.3 is 6.18 Å². The van der Waals surface area contributed by atoms with Crippen molar-refractivity contribution in [2.24, 2.45) is 5.14 Å². The average Bonchev–Trinajstić information content (AvgIpc) is 2.37. The van der Waals surface area contributed by atoms with Gasteiger partial charge in [0.2, 0.25) is 10.0 Å². The van der Waals surface area contributed by atoms with E-state index in [4.69, 9.17) is 5.14 Å². The van der Waals surface area contributed by atoms with Gasteiger partial charge in [0, 0.05) is 6.54 Å². The summed E-state index contributed by atoms with van der Waals surface area (Å²) in [5.41, 5.74) is -0.754. The Balaban J connectivity index is 2.33.